The fourth-order valence-electron chi connectivity index (χ4n) is 2.37. The molecule has 0 amide bonds. The van der Waals surface area contributed by atoms with Gasteiger partial charge in [-0.05, 0) is 17.7 Å². The highest BCUT2D eigenvalue weighted by Gasteiger charge is 2.30. The van der Waals surface area contributed by atoms with Crippen molar-refractivity contribution in [3.05, 3.63) is 65.7 Å². The predicted octanol–water partition coefficient (Wildman–Crippen LogP) is 2.53. The van der Waals surface area contributed by atoms with Crippen molar-refractivity contribution in [2.75, 3.05) is 6.54 Å². The van der Waals surface area contributed by atoms with Gasteiger partial charge in [0.25, 0.3) is 10.0 Å². The van der Waals surface area contributed by atoms with Crippen LogP contribution in [0.25, 0.3) is 0 Å². The maximum absolute atomic E-state index is 12.0. The van der Waals surface area contributed by atoms with E-state index in [0.29, 0.717) is 22.8 Å². The number of hydrogen-bond donors (Lipinski definition) is 1. The maximum Gasteiger partial charge on any atom is 0.263 e. The Morgan fingerprint density at radius 2 is 1.71 bits per heavy atom. The van der Waals surface area contributed by atoms with Crippen LogP contribution >= 0.6 is 0 Å². The lowest BCUT2D eigenvalue weighted by molar-refractivity contribution is 0.595. The molecule has 21 heavy (non-hydrogen) atoms. The Bertz CT molecular complexity index is 783. The highest BCUT2D eigenvalue weighted by Crippen LogP contribution is 2.23. The smallest absolute Gasteiger partial charge is 0.263 e. The van der Waals surface area contributed by atoms with Crippen LogP contribution in [-0.4, -0.2) is 20.8 Å². The Kier molecular flexibility index (Phi) is 3.51. The Balaban J connectivity index is 1.86. The zero-order valence-electron chi connectivity index (χ0n) is 11.7. The molecule has 1 unspecified atom stereocenters. The summed E-state index contributed by atoms with van der Waals surface area (Å²) >= 11 is 0. The van der Waals surface area contributed by atoms with Gasteiger partial charge in [0.05, 0.1) is 4.90 Å². The van der Waals surface area contributed by atoms with Crippen molar-refractivity contribution in [2.45, 2.75) is 17.7 Å². The number of fused-ring (bicyclic) bond motifs is 1. The molecular weight excluding hydrogens is 284 g/mol. The lowest BCUT2D eigenvalue weighted by Crippen LogP contribution is -2.22. The van der Waals surface area contributed by atoms with E-state index in [9.17, 15) is 8.42 Å². The second kappa shape index (κ2) is 5.33. The molecule has 1 aliphatic heterocycles. The van der Waals surface area contributed by atoms with Gasteiger partial charge in [-0.15, -0.1) is 0 Å². The molecule has 2 aromatic rings. The minimum absolute atomic E-state index is 0.232. The van der Waals surface area contributed by atoms with Gasteiger partial charge in [0.15, 0.2) is 0 Å². The van der Waals surface area contributed by atoms with Crippen LogP contribution in [0.4, 0.5) is 0 Å². The molecule has 5 heteroatoms. The van der Waals surface area contributed by atoms with Crippen LogP contribution in [0.5, 0.6) is 0 Å². The molecule has 0 bridgehead atoms. The van der Waals surface area contributed by atoms with Crippen LogP contribution in [0.1, 0.15) is 24.0 Å². The fourth-order valence-corrected chi connectivity index (χ4v) is 3.62. The van der Waals surface area contributed by atoms with E-state index < -0.39 is 10.0 Å². The van der Waals surface area contributed by atoms with E-state index in [1.165, 1.54) is 5.56 Å². The largest absolute Gasteiger partial charge is 0.267 e. The first-order chi connectivity index (χ1) is 10.1. The lowest BCUT2D eigenvalue weighted by Gasteiger charge is -2.09. The van der Waals surface area contributed by atoms with Crippen molar-refractivity contribution < 1.29 is 8.42 Å². The van der Waals surface area contributed by atoms with Gasteiger partial charge in [-0.25, -0.2) is 8.42 Å². The van der Waals surface area contributed by atoms with Gasteiger partial charge in [0.2, 0.25) is 0 Å². The molecule has 0 fully saturated rings. The van der Waals surface area contributed by atoms with Gasteiger partial charge in [-0.3, -0.25) is 9.71 Å². The van der Waals surface area contributed by atoms with Gasteiger partial charge in [0.1, 0.15) is 5.84 Å². The molecule has 0 saturated heterocycles. The van der Waals surface area contributed by atoms with Gasteiger partial charge in [-0.2, -0.15) is 0 Å². The number of nitrogens with one attached hydrogen (secondary N) is 1. The van der Waals surface area contributed by atoms with E-state index in [1.54, 1.807) is 18.2 Å². The van der Waals surface area contributed by atoms with Crippen molar-refractivity contribution in [2.24, 2.45) is 4.99 Å². The molecule has 1 aliphatic rings. The summed E-state index contributed by atoms with van der Waals surface area (Å²) < 4.78 is 26.5. The summed E-state index contributed by atoms with van der Waals surface area (Å²) in [5, 5.41) is 0. The molecule has 1 atom stereocenters. The van der Waals surface area contributed by atoms with E-state index >= 15 is 0 Å². The van der Waals surface area contributed by atoms with Crippen LogP contribution in [0.15, 0.2) is 64.5 Å². The number of hydrogen-bond acceptors (Lipinski definition) is 3. The van der Waals surface area contributed by atoms with Crippen molar-refractivity contribution >= 4 is 15.9 Å². The third-order valence-corrected chi connectivity index (χ3v) is 4.95. The van der Waals surface area contributed by atoms with Gasteiger partial charge in [0, 0.05) is 18.0 Å². The fraction of sp³-hybridized carbons (Fsp3) is 0.188. The first kappa shape index (κ1) is 13.8. The molecule has 2 aromatic carbocycles. The van der Waals surface area contributed by atoms with Gasteiger partial charge < -0.3 is 0 Å². The lowest BCUT2D eigenvalue weighted by atomic mass is 10.0. The second-order valence-corrected chi connectivity index (χ2v) is 6.75. The second-order valence-electron chi connectivity index (χ2n) is 5.10. The highest BCUT2D eigenvalue weighted by molar-refractivity contribution is 7.90. The van der Waals surface area contributed by atoms with E-state index in [2.05, 4.69) is 28.8 Å². The van der Waals surface area contributed by atoms with Crippen molar-refractivity contribution in [1.82, 2.24) is 4.72 Å². The first-order valence-electron chi connectivity index (χ1n) is 6.79. The van der Waals surface area contributed by atoms with Gasteiger partial charge >= 0.3 is 0 Å². The van der Waals surface area contributed by atoms with Crippen LogP contribution in [-0.2, 0) is 10.0 Å². The first-order valence-corrected chi connectivity index (χ1v) is 8.28. The maximum atomic E-state index is 12.0. The minimum atomic E-state index is -3.45. The highest BCUT2D eigenvalue weighted by atomic mass is 32.2. The van der Waals surface area contributed by atoms with E-state index in [-0.39, 0.29) is 5.92 Å². The van der Waals surface area contributed by atoms with Crippen LogP contribution < -0.4 is 4.72 Å². The Labute approximate surface area is 124 Å². The standard InChI is InChI=1S/C16H16N2O2S/c1-12(13-7-3-2-4-8-13)11-17-16-14-9-5-6-10-15(14)21(19,20)18-16/h2-10,12H,11H2,1H3,(H,17,18). The average Bonchev–Trinajstić information content (AvgIpc) is 2.77. The molecule has 3 rings (SSSR count). The van der Waals surface area contributed by atoms with E-state index in [0.717, 1.165) is 0 Å². The van der Waals surface area contributed by atoms with E-state index in [4.69, 9.17) is 0 Å². The summed E-state index contributed by atoms with van der Waals surface area (Å²) in [6.45, 7) is 2.62. The van der Waals surface area contributed by atoms with Crippen LogP contribution in [0.2, 0.25) is 0 Å². The molecule has 0 saturated carbocycles. The summed E-state index contributed by atoms with van der Waals surface area (Å²) in [7, 11) is -3.45. The normalized spacial score (nSPS) is 19.0. The molecule has 0 radical (unpaired) electrons. The zero-order chi connectivity index (χ0) is 14.9. The number of rotatable bonds is 3. The van der Waals surface area contributed by atoms with Crippen LogP contribution in [0, 0.1) is 0 Å². The van der Waals surface area contributed by atoms with Gasteiger partial charge in [-0.1, -0.05) is 49.4 Å². The van der Waals surface area contributed by atoms with Crippen molar-refractivity contribution in [3.63, 3.8) is 0 Å². The SMILES string of the molecule is CC(CN=C1NS(=O)(=O)c2ccccc21)c1ccccc1. The minimum Gasteiger partial charge on any atom is -0.267 e. The number of amidine groups is 1. The summed E-state index contributed by atoms with van der Waals surface area (Å²) in [6, 6.07) is 17.0. The molecular formula is C16H16N2O2S. The monoisotopic (exact) mass is 300 g/mol. The number of aliphatic imine (C=N–C) groups is 1. The molecule has 108 valence electrons. The molecule has 1 heterocycles. The summed E-state index contributed by atoms with van der Waals surface area (Å²) in [6.07, 6.45) is 0. The molecule has 0 spiro atoms. The summed E-state index contributed by atoms with van der Waals surface area (Å²) in [4.78, 5) is 4.76. The third-order valence-electron chi connectivity index (χ3n) is 3.55. The molecule has 0 aliphatic carbocycles. The third kappa shape index (κ3) is 2.69. The van der Waals surface area contributed by atoms with Crippen LogP contribution in [0.3, 0.4) is 0 Å². The van der Waals surface area contributed by atoms with Crippen molar-refractivity contribution in [1.29, 1.82) is 0 Å². The topological polar surface area (TPSA) is 58.5 Å². The quantitative estimate of drug-likeness (QED) is 0.947. The van der Waals surface area contributed by atoms with Crippen molar-refractivity contribution in [3.8, 4) is 0 Å². The average molecular weight is 300 g/mol. The number of benzene rings is 2. The summed E-state index contributed by atoms with van der Waals surface area (Å²) in [5.74, 6) is 0.671. The molecule has 0 aromatic heterocycles. The number of sulfonamides is 1. The molecule has 1 N–H and O–H groups in total. The Morgan fingerprint density at radius 3 is 2.48 bits per heavy atom. The zero-order valence-corrected chi connectivity index (χ0v) is 12.5. The van der Waals surface area contributed by atoms with E-state index in [1.807, 2.05) is 24.3 Å². The Morgan fingerprint density at radius 1 is 1.05 bits per heavy atom. The predicted molar refractivity (Wildman–Crippen MR) is 83.0 cm³/mol. The summed E-state index contributed by atoms with van der Waals surface area (Å²) in [5.41, 5.74) is 1.84. The Hall–Kier alpha value is -2.14. The molecule has 4 nitrogen and oxygen atoms in total. The number of nitrogens with zero attached hydrogens (tertiary/aromatic N) is 1.